The van der Waals surface area contributed by atoms with Crippen molar-refractivity contribution >= 4 is 0 Å². The molecule has 2 heterocycles. The van der Waals surface area contributed by atoms with Crippen molar-refractivity contribution in [1.82, 2.24) is 15.3 Å². The summed E-state index contributed by atoms with van der Waals surface area (Å²) in [4.78, 5) is 9.53. The Hall–Kier alpha value is -1.00. The second-order valence-corrected chi connectivity index (χ2v) is 5.94. The van der Waals surface area contributed by atoms with E-state index in [1.165, 1.54) is 36.9 Å². The van der Waals surface area contributed by atoms with Crippen molar-refractivity contribution < 1.29 is 4.74 Å². The predicted octanol–water partition coefficient (Wildman–Crippen LogP) is 2.75. The van der Waals surface area contributed by atoms with Crippen LogP contribution >= 0.6 is 0 Å². The number of aryl methyl sites for hydroxylation is 1. The van der Waals surface area contributed by atoms with Crippen molar-refractivity contribution in [2.45, 2.75) is 57.4 Å². The molecule has 110 valence electrons. The van der Waals surface area contributed by atoms with Gasteiger partial charge in [-0.3, -0.25) is 0 Å². The zero-order valence-corrected chi connectivity index (χ0v) is 12.4. The minimum atomic E-state index is 0.408. The van der Waals surface area contributed by atoms with E-state index in [2.05, 4.69) is 23.4 Å². The molecule has 1 fully saturated rings. The number of aromatic nitrogens is 2. The summed E-state index contributed by atoms with van der Waals surface area (Å²) in [7, 11) is 0. The molecule has 0 bridgehead atoms. The van der Waals surface area contributed by atoms with Crippen molar-refractivity contribution in [2.24, 2.45) is 0 Å². The van der Waals surface area contributed by atoms with Crippen LogP contribution in [0.4, 0.5) is 0 Å². The summed E-state index contributed by atoms with van der Waals surface area (Å²) < 4.78 is 5.46. The summed E-state index contributed by atoms with van der Waals surface area (Å²) in [5.41, 5.74) is 2.60. The highest BCUT2D eigenvalue weighted by molar-refractivity contribution is 5.24. The van der Waals surface area contributed by atoms with Crippen LogP contribution in [0.1, 0.15) is 68.1 Å². The van der Waals surface area contributed by atoms with Gasteiger partial charge in [0.2, 0.25) is 0 Å². The molecule has 1 saturated heterocycles. The van der Waals surface area contributed by atoms with Gasteiger partial charge in [-0.2, -0.15) is 0 Å². The second-order valence-electron chi connectivity index (χ2n) is 5.94. The third-order valence-electron chi connectivity index (χ3n) is 4.39. The summed E-state index contributed by atoms with van der Waals surface area (Å²) in [6, 6.07) is 0.446. The number of nitrogens with zero attached hydrogens (tertiary/aromatic N) is 2. The van der Waals surface area contributed by atoms with Crippen molar-refractivity contribution in [3.63, 3.8) is 0 Å². The maximum Gasteiger partial charge on any atom is 0.134 e. The summed E-state index contributed by atoms with van der Waals surface area (Å²) in [6.45, 7) is 4.93. The Balaban J connectivity index is 1.82. The number of hydrogen-bond acceptors (Lipinski definition) is 4. The van der Waals surface area contributed by atoms with E-state index in [9.17, 15) is 0 Å². The minimum Gasteiger partial charge on any atom is -0.381 e. The Labute approximate surface area is 121 Å². The lowest BCUT2D eigenvalue weighted by atomic mass is 10.0. The van der Waals surface area contributed by atoms with Gasteiger partial charge in [-0.15, -0.1) is 0 Å². The van der Waals surface area contributed by atoms with E-state index >= 15 is 0 Å². The fourth-order valence-electron chi connectivity index (χ4n) is 3.20. The van der Waals surface area contributed by atoms with Crippen molar-refractivity contribution in [3.8, 4) is 0 Å². The first-order chi connectivity index (χ1) is 9.88. The predicted molar refractivity (Wildman–Crippen MR) is 78.8 cm³/mol. The maximum absolute atomic E-state index is 5.46. The maximum atomic E-state index is 5.46. The first-order valence-corrected chi connectivity index (χ1v) is 8.05. The third-order valence-corrected chi connectivity index (χ3v) is 4.39. The number of hydrogen-bond donors (Lipinski definition) is 1. The number of rotatable bonds is 4. The molecule has 0 aromatic carbocycles. The largest absolute Gasteiger partial charge is 0.381 e. The number of ether oxygens (including phenoxy) is 1. The van der Waals surface area contributed by atoms with E-state index < -0.39 is 0 Å². The Morgan fingerprint density at radius 1 is 1.35 bits per heavy atom. The van der Waals surface area contributed by atoms with Crippen molar-refractivity contribution in [1.29, 1.82) is 0 Å². The molecule has 0 amide bonds. The van der Waals surface area contributed by atoms with E-state index in [0.717, 1.165) is 38.4 Å². The number of nitrogens with one attached hydrogen (secondary N) is 1. The molecule has 2 atom stereocenters. The average molecular weight is 275 g/mol. The molecule has 0 spiro atoms. The quantitative estimate of drug-likeness (QED) is 0.858. The lowest BCUT2D eigenvalue weighted by Crippen LogP contribution is -2.23. The third kappa shape index (κ3) is 3.01. The van der Waals surface area contributed by atoms with Crippen LogP contribution in [0.3, 0.4) is 0 Å². The van der Waals surface area contributed by atoms with Crippen LogP contribution in [0.5, 0.6) is 0 Å². The molecule has 1 aliphatic carbocycles. The zero-order chi connectivity index (χ0) is 13.8. The highest BCUT2D eigenvalue weighted by Crippen LogP contribution is 2.29. The smallest absolute Gasteiger partial charge is 0.134 e. The van der Waals surface area contributed by atoms with E-state index in [0.29, 0.717) is 12.0 Å². The highest BCUT2D eigenvalue weighted by atomic mass is 16.5. The van der Waals surface area contributed by atoms with E-state index in [4.69, 9.17) is 9.72 Å². The summed E-state index contributed by atoms with van der Waals surface area (Å²) in [5.74, 6) is 1.41. The normalized spacial score (nSPS) is 26.2. The zero-order valence-electron chi connectivity index (χ0n) is 12.4. The van der Waals surface area contributed by atoms with E-state index in [-0.39, 0.29) is 0 Å². The van der Waals surface area contributed by atoms with Gasteiger partial charge in [-0.05, 0) is 38.6 Å². The van der Waals surface area contributed by atoms with Gasteiger partial charge in [-0.1, -0.05) is 13.3 Å². The molecular formula is C16H25N3O. The van der Waals surface area contributed by atoms with Crippen LogP contribution in [0, 0.1) is 0 Å². The summed E-state index contributed by atoms with van der Waals surface area (Å²) >= 11 is 0. The summed E-state index contributed by atoms with van der Waals surface area (Å²) in [6.07, 6.45) is 9.15. The Morgan fingerprint density at radius 2 is 2.30 bits per heavy atom. The summed E-state index contributed by atoms with van der Waals surface area (Å²) in [5, 5.41) is 3.65. The van der Waals surface area contributed by atoms with Gasteiger partial charge in [0, 0.05) is 36.0 Å². The fraction of sp³-hybridized carbons (Fsp3) is 0.750. The van der Waals surface area contributed by atoms with Gasteiger partial charge >= 0.3 is 0 Å². The van der Waals surface area contributed by atoms with Crippen LogP contribution in [0.2, 0.25) is 0 Å². The highest BCUT2D eigenvalue weighted by Gasteiger charge is 2.24. The molecule has 4 nitrogen and oxygen atoms in total. The molecule has 3 rings (SSSR count). The molecule has 4 heteroatoms. The monoisotopic (exact) mass is 275 g/mol. The lowest BCUT2D eigenvalue weighted by molar-refractivity contribution is 0.193. The minimum absolute atomic E-state index is 0.408. The van der Waals surface area contributed by atoms with Crippen molar-refractivity contribution in [2.75, 3.05) is 19.8 Å². The lowest BCUT2D eigenvalue weighted by Gasteiger charge is -2.19. The molecule has 0 radical (unpaired) electrons. The van der Waals surface area contributed by atoms with Gasteiger partial charge in [0.25, 0.3) is 0 Å². The standard InChI is InChI=1S/C16H25N3O/c1-2-8-17-14-5-3-4-6-15-13(14)10-18-16(19-15)12-7-9-20-11-12/h10,12,14,17H,2-9,11H2,1H3. The fourth-order valence-corrected chi connectivity index (χ4v) is 3.20. The van der Waals surface area contributed by atoms with Crippen LogP contribution in [-0.2, 0) is 11.2 Å². The second kappa shape index (κ2) is 6.64. The van der Waals surface area contributed by atoms with Gasteiger partial charge < -0.3 is 10.1 Å². The number of fused-ring (bicyclic) bond motifs is 1. The van der Waals surface area contributed by atoms with Crippen molar-refractivity contribution in [3.05, 3.63) is 23.3 Å². The van der Waals surface area contributed by atoms with Crippen LogP contribution in [-0.4, -0.2) is 29.7 Å². The molecule has 2 aliphatic rings. The van der Waals surface area contributed by atoms with E-state index in [1.54, 1.807) is 0 Å². The van der Waals surface area contributed by atoms with E-state index in [1.807, 2.05) is 0 Å². The molecule has 1 N–H and O–H groups in total. The molecule has 2 unspecified atom stereocenters. The van der Waals surface area contributed by atoms with Crippen LogP contribution < -0.4 is 5.32 Å². The Morgan fingerprint density at radius 3 is 3.10 bits per heavy atom. The Bertz CT molecular complexity index is 443. The first-order valence-electron chi connectivity index (χ1n) is 8.05. The molecule has 1 aliphatic heterocycles. The average Bonchev–Trinajstić information content (AvgIpc) is 2.94. The van der Waals surface area contributed by atoms with Gasteiger partial charge in [-0.25, -0.2) is 9.97 Å². The molecule has 1 aromatic heterocycles. The van der Waals surface area contributed by atoms with Gasteiger partial charge in [0.05, 0.1) is 6.61 Å². The van der Waals surface area contributed by atoms with Crippen LogP contribution in [0.25, 0.3) is 0 Å². The SMILES string of the molecule is CCCNC1CCCCc2nc(C3CCOC3)ncc21. The Kier molecular flexibility index (Phi) is 4.63. The topological polar surface area (TPSA) is 47.0 Å². The molecule has 20 heavy (non-hydrogen) atoms. The van der Waals surface area contributed by atoms with Gasteiger partial charge in [0.1, 0.15) is 5.82 Å². The molecule has 0 saturated carbocycles. The first kappa shape index (κ1) is 14.0. The van der Waals surface area contributed by atoms with Crippen LogP contribution in [0.15, 0.2) is 6.20 Å². The molecule has 1 aromatic rings. The molecular weight excluding hydrogens is 250 g/mol. The van der Waals surface area contributed by atoms with Gasteiger partial charge in [0.15, 0.2) is 0 Å².